The number of rotatable bonds is 4. The van der Waals surface area contributed by atoms with E-state index < -0.39 is 6.04 Å². The number of fused-ring (bicyclic) bond motifs is 2. The number of aryl methyl sites for hydroxylation is 1. The highest BCUT2D eigenvalue weighted by Gasteiger charge is 2.22. The van der Waals surface area contributed by atoms with E-state index >= 15 is 0 Å². The monoisotopic (exact) mass is 524 g/mol. The average molecular weight is 525 g/mol. The SMILES string of the molecule is Cc1ncn2ccnc2c1C(=O)N[C@@H](C)c1cc2cccc(C#Cc3cccnc3)c2c(=O)n1-c1ccccc1. The van der Waals surface area contributed by atoms with Crippen LogP contribution in [-0.2, 0) is 0 Å². The summed E-state index contributed by atoms with van der Waals surface area (Å²) in [5, 5.41) is 4.31. The van der Waals surface area contributed by atoms with Gasteiger partial charge in [-0.25, -0.2) is 9.97 Å². The molecule has 0 unspecified atom stereocenters. The predicted octanol–water partition coefficient (Wildman–Crippen LogP) is 4.63. The van der Waals surface area contributed by atoms with Crippen molar-refractivity contribution < 1.29 is 4.79 Å². The lowest BCUT2D eigenvalue weighted by Gasteiger charge is -2.21. The van der Waals surface area contributed by atoms with Gasteiger partial charge in [0.05, 0.1) is 17.1 Å². The summed E-state index contributed by atoms with van der Waals surface area (Å²) in [6.45, 7) is 3.64. The fraction of sp³-hybridized carbons (Fsp3) is 0.0938. The van der Waals surface area contributed by atoms with Gasteiger partial charge in [-0.1, -0.05) is 42.2 Å². The summed E-state index contributed by atoms with van der Waals surface area (Å²) in [6.07, 6.45) is 8.37. The van der Waals surface area contributed by atoms with E-state index in [9.17, 15) is 9.59 Å². The highest BCUT2D eigenvalue weighted by molar-refractivity contribution is 6.01. The molecule has 0 spiro atoms. The smallest absolute Gasteiger partial charge is 0.264 e. The molecule has 6 aromatic rings. The third-order valence-electron chi connectivity index (χ3n) is 6.74. The molecule has 4 aromatic heterocycles. The molecule has 0 saturated carbocycles. The molecule has 6 rings (SSSR count). The van der Waals surface area contributed by atoms with Gasteiger partial charge in [0, 0.05) is 47.3 Å². The molecule has 1 N–H and O–H groups in total. The van der Waals surface area contributed by atoms with Crippen molar-refractivity contribution in [2.24, 2.45) is 0 Å². The summed E-state index contributed by atoms with van der Waals surface area (Å²) >= 11 is 0. The van der Waals surface area contributed by atoms with Crippen LogP contribution in [0.3, 0.4) is 0 Å². The number of nitrogens with zero attached hydrogens (tertiary/aromatic N) is 5. The lowest BCUT2D eigenvalue weighted by atomic mass is 10.0. The largest absolute Gasteiger partial charge is 0.344 e. The van der Waals surface area contributed by atoms with Crippen molar-refractivity contribution in [3.8, 4) is 17.5 Å². The third-order valence-corrected chi connectivity index (χ3v) is 6.74. The molecule has 0 fully saturated rings. The van der Waals surface area contributed by atoms with Gasteiger partial charge in [0.15, 0.2) is 5.65 Å². The number of benzene rings is 2. The summed E-state index contributed by atoms with van der Waals surface area (Å²) in [4.78, 5) is 40.5. The molecule has 0 aliphatic carbocycles. The summed E-state index contributed by atoms with van der Waals surface area (Å²) in [7, 11) is 0. The highest BCUT2D eigenvalue weighted by Crippen LogP contribution is 2.24. The number of nitrogens with one attached hydrogen (secondary N) is 1. The second kappa shape index (κ2) is 10.3. The lowest BCUT2D eigenvalue weighted by Crippen LogP contribution is -2.33. The van der Waals surface area contributed by atoms with Crippen LogP contribution in [0.25, 0.3) is 22.1 Å². The van der Waals surface area contributed by atoms with Crippen LogP contribution >= 0.6 is 0 Å². The van der Waals surface area contributed by atoms with E-state index in [-0.39, 0.29) is 11.5 Å². The van der Waals surface area contributed by atoms with Crippen molar-refractivity contribution in [3.05, 3.63) is 136 Å². The molecule has 2 aromatic carbocycles. The van der Waals surface area contributed by atoms with Crippen LogP contribution in [0.1, 0.15) is 45.8 Å². The lowest BCUT2D eigenvalue weighted by molar-refractivity contribution is 0.0938. The average Bonchev–Trinajstić information content (AvgIpc) is 3.45. The number of carbonyl (C=O) groups excluding carboxylic acids is 1. The van der Waals surface area contributed by atoms with E-state index in [1.807, 2.05) is 73.7 Å². The fourth-order valence-corrected chi connectivity index (χ4v) is 4.81. The number of aromatic nitrogens is 5. The van der Waals surface area contributed by atoms with Crippen LogP contribution in [-0.4, -0.2) is 29.8 Å². The minimum Gasteiger partial charge on any atom is -0.344 e. The van der Waals surface area contributed by atoms with Crippen LogP contribution < -0.4 is 10.9 Å². The number of carbonyl (C=O) groups is 1. The molecule has 0 saturated heterocycles. The minimum atomic E-state index is -0.524. The number of hydrogen-bond donors (Lipinski definition) is 1. The van der Waals surface area contributed by atoms with Crippen LogP contribution in [0.15, 0.2) is 103 Å². The molecule has 1 amide bonds. The number of para-hydroxylation sites is 1. The number of hydrogen-bond acceptors (Lipinski definition) is 5. The van der Waals surface area contributed by atoms with Gasteiger partial charge in [0.25, 0.3) is 11.5 Å². The Hall–Kier alpha value is -5.55. The first-order valence-electron chi connectivity index (χ1n) is 12.8. The van der Waals surface area contributed by atoms with Gasteiger partial charge in [-0.15, -0.1) is 0 Å². The Morgan fingerprint density at radius 2 is 1.82 bits per heavy atom. The van der Waals surface area contributed by atoms with Crippen molar-refractivity contribution in [1.29, 1.82) is 0 Å². The minimum absolute atomic E-state index is 0.218. The zero-order chi connectivity index (χ0) is 27.6. The van der Waals surface area contributed by atoms with Gasteiger partial charge in [0.1, 0.15) is 11.9 Å². The fourth-order valence-electron chi connectivity index (χ4n) is 4.81. The molecule has 8 nitrogen and oxygen atoms in total. The topological polar surface area (TPSA) is 94.2 Å². The molecule has 8 heteroatoms. The van der Waals surface area contributed by atoms with E-state index in [2.05, 4.69) is 32.1 Å². The maximum absolute atomic E-state index is 14.2. The van der Waals surface area contributed by atoms with Crippen LogP contribution in [0, 0.1) is 18.8 Å². The Labute approximate surface area is 230 Å². The van der Waals surface area contributed by atoms with Gasteiger partial charge < -0.3 is 5.32 Å². The molecule has 40 heavy (non-hydrogen) atoms. The summed E-state index contributed by atoms with van der Waals surface area (Å²) in [5.41, 5.74) is 3.96. The molecule has 0 bridgehead atoms. The number of pyridine rings is 2. The van der Waals surface area contributed by atoms with E-state index in [1.54, 1.807) is 47.0 Å². The van der Waals surface area contributed by atoms with E-state index in [4.69, 9.17) is 0 Å². The van der Waals surface area contributed by atoms with Crippen molar-refractivity contribution in [3.63, 3.8) is 0 Å². The maximum atomic E-state index is 14.2. The second-order valence-electron chi connectivity index (χ2n) is 9.37. The van der Waals surface area contributed by atoms with Gasteiger partial charge in [0.2, 0.25) is 0 Å². The molecule has 0 aliphatic heterocycles. The van der Waals surface area contributed by atoms with E-state index in [0.29, 0.717) is 39.2 Å². The number of imidazole rings is 1. The van der Waals surface area contributed by atoms with Crippen molar-refractivity contribution in [2.45, 2.75) is 19.9 Å². The Morgan fingerprint density at radius 3 is 2.62 bits per heavy atom. The molecule has 1 atom stereocenters. The zero-order valence-electron chi connectivity index (χ0n) is 21.9. The zero-order valence-corrected chi connectivity index (χ0v) is 21.9. The van der Waals surface area contributed by atoms with Crippen LogP contribution in [0.4, 0.5) is 0 Å². The molecular weight excluding hydrogens is 500 g/mol. The van der Waals surface area contributed by atoms with Gasteiger partial charge in [-0.2, -0.15) is 0 Å². The van der Waals surface area contributed by atoms with E-state index in [0.717, 1.165) is 10.9 Å². The Bertz CT molecular complexity index is 2000. The first-order chi connectivity index (χ1) is 19.5. The number of amides is 1. The normalized spacial score (nSPS) is 11.7. The van der Waals surface area contributed by atoms with Gasteiger partial charge in [-0.3, -0.25) is 23.5 Å². The highest BCUT2D eigenvalue weighted by atomic mass is 16.2. The molecular formula is C32H24N6O2. The van der Waals surface area contributed by atoms with Crippen LogP contribution in [0.5, 0.6) is 0 Å². The Kier molecular flexibility index (Phi) is 6.38. The molecule has 194 valence electrons. The summed E-state index contributed by atoms with van der Waals surface area (Å²) in [5.74, 6) is 5.94. The first kappa shape index (κ1) is 24.8. The molecule has 0 aliphatic rings. The Morgan fingerprint density at radius 1 is 0.975 bits per heavy atom. The van der Waals surface area contributed by atoms with E-state index in [1.165, 1.54) is 0 Å². The first-order valence-corrected chi connectivity index (χ1v) is 12.8. The summed E-state index contributed by atoms with van der Waals surface area (Å²) in [6, 6.07) is 20.1. The molecule has 0 radical (unpaired) electrons. The molecule has 4 heterocycles. The second-order valence-corrected chi connectivity index (χ2v) is 9.37. The summed E-state index contributed by atoms with van der Waals surface area (Å²) < 4.78 is 3.35. The van der Waals surface area contributed by atoms with Crippen molar-refractivity contribution in [1.82, 2.24) is 29.2 Å². The van der Waals surface area contributed by atoms with Crippen molar-refractivity contribution in [2.75, 3.05) is 0 Å². The van der Waals surface area contributed by atoms with Crippen molar-refractivity contribution >= 4 is 22.3 Å². The third kappa shape index (κ3) is 4.50. The van der Waals surface area contributed by atoms with Gasteiger partial charge >= 0.3 is 0 Å². The predicted molar refractivity (Wildman–Crippen MR) is 153 cm³/mol. The maximum Gasteiger partial charge on any atom is 0.264 e. The van der Waals surface area contributed by atoms with Crippen LogP contribution in [0.2, 0.25) is 0 Å². The quantitative estimate of drug-likeness (QED) is 0.340. The standard InChI is InChI=1S/C32H24N6O2/c1-21(36-31(39)28-22(2)35-20-37-17-16-34-30(28)37)27-18-25-10-6-9-24(14-13-23-8-7-15-33-19-23)29(25)32(40)38(27)26-11-4-3-5-12-26/h3-12,15-21H,1-2H3,(H,36,39)/t21-/m0/s1. The Balaban J connectivity index is 1.48. The van der Waals surface area contributed by atoms with Gasteiger partial charge in [-0.05, 0) is 55.6 Å².